The molecular weight excluding hydrogens is 430 g/mol. The predicted octanol–water partition coefficient (Wildman–Crippen LogP) is 5.21. The smallest absolute Gasteiger partial charge is 0.257 e. The topological polar surface area (TPSA) is 62.3 Å². The molecule has 4 aromatic rings. The first-order valence-corrected chi connectivity index (χ1v) is 11.7. The molecule has 3 aromatic carbocycles. The maximum Gasteiger partial charge on any atom is 0.257 e. The molecular formula is C27H25N3O2S. The maximum absolute atomic E-state index is 13.2. The van der Waals surface area contributed by atoms with Gasteiger partial charge in [-0.1, -0.05) is 78.9 Å². The standard InChI is InChI=1S/C27H25N3O2S/c31-25(18-24-20-33-27(28-24)29-26(32)23-14-8-3-9-15-23)30(19-22-12-6-2-7-13-22)17-16-21-10-4-1-5-11-21/h1-15,20H,16-19H2,(H,28,29,32). The van der Waals surface area contributed by atoms with Gasteiger partial charge in [-0.25, -0.2) is 4.98 Å². The van der Waals surface area contributed by atoms with Crippen molar-refractivity contribution in [3.8, 4) is 0 Å². The molecule has 5 nitrogen and oxygen atoms in total. The second-order valence-electron chi connectivity index (χ2n) is 7.68. The Morgan fingerprint density at radius 2 is 1.42 bits per heavy atom. The van der Waals surface area contributed by atoms with Crippen LogP contribution in [0.1, 0.15) is 27.2 Å². The van der Waals surface area contributed by atoms with Crippen LogP contribution in [0.15, 0.2) is 96.4 Å². The lowest BCUT2D eigenvalue weighted by atomic mass is 10.1. The van der Waals surface area contributed by atoms with E-state index in [0.717, 1.165) is 12.0 Å². The minimum atomic E-state index is -0.212. The highest BCUT2D eigenvalue weighted by molar-refractivity contribution is 7.14. The Bertz CT molecular complexity index is 1180. The lowest BCUT2D eigenvalue weighted by Gasteiger charge is -2.23. The number of hydrogen-bond donors (Lipinski definition) is 1. The van der Waals surface area contributed by atoms with E-state index in [1.807, 2.05) is 77.0 Å². The number of nitrogens with one attached hydrogen (secondary N) is 1. The zero-order chi connectivity index (χ0) is 22.9. The Morgan fingerprint density at radius 1 is 0.818 bits per heavy atom. The summed E-state index contributed by atoms with van der Waals surface area (Å²) in [5.41, 5.74) is 3.52. The first-order valence-electron chi connectivity index (χ1n) is 10.8. The molecule has 0 radical (unpaired) electrons. The summed E-state index contributed by atoms with van der Waals surface area (Å²) < 4.78 is 0. The van der Waals surface area contributed by atoms with E-state index in [2.05, 4.69) is 22.4 Å². The van der Waals surface area contributed by atoms with Gasteiger partial charge in [0.05, 0.1) is 12.1 Å². The molecule has 0 spiro atoms. The molecule has 33 heavy (non-hydrogen) atoms. The fraction of sp³-hybridized carbons (Fsp3) is 0.148. The summed E-state index contributed by atoms with van der Waals surface area (Å²) in [5, 5.41) is 5.13. The summed E-state index contributed by atoms with van der Waals surface area (Å²) in [5.74, 6) is -0.197. The van der Waals surface area contributed by atoms with Crippen LogP contribution in [0, 0.1) is 0 Å². The van der Waals surface area contributed by atoms with Gasteiger partial charge in [0.15, 0.2) is 5.13 Å². The molecule has 0 aliphatic rings. The van der Waals surface area contributed by atoms with Gasteiger partial charge in [0, 0.05) is 24.0 Å². The number of anilines is 1. The Kier molecular flexibility index (Phi) is 7.61. The minimum Gasteiger partial charge on any atom is -0.338 e. The average Bonchev–Trinajstić information content (AvgIpc) is 3.30. The van der Waals surface area contributed by atoms with E-state index in [1.54, 1.807) is 12.1 Å². The number of rotatable bonds is 9. The van der Waals surface area contributed by atoms with Crippen molar-refractivity contribution in [1.29, 1.82) is 0 Å². The van der Waals surface area contributed by atoms with Crippen molar-refractivity contribution in [2.24, 2.45) is 0 Å². The van der Waals surface area contributed by atoms with Gasteiger partial charge < -0.3 is 4.90 Å². The van der Waals surface area contributed by atoms with Crippen LogP contribution in [0.4, 0.5) is 5.13 Å². The zero-order valence-electron chi connectivity index (χ0n) is 18.2. The van der Waals surface area contributed by atoms with Crippen molar-refractivity contribution in [2.75, 3.05) is 11.9 Å². The van der Waals surface area contributed by atoms with Crippen molar-refractivity contribution in [3.05, 3.63) is 119 Å². The van der Waals surface area contributed by atoms with Crippen molar-refractivity contribution in [2.45, 2.75) is 19.4 Å². The molecule has 1 aromatic heterocycles. The molecule has 166 valence electrons. The van der Waals surface area contributed by atoms with Crippen molar-refractivity contribution in [3.63, 3.8) is 0 Å². The molecule has 1 N–H and O–H groups in total. The number of amides is 2. The number of carbonyl (C=O) groups is 2. The second-order valence-corrected chi connectivity index (χ2v) is 8.54. The molecule has 1 heterocycles. The first kappa shape index (κ1) is 22.4. The van der Waals surface area contributed by atoms with Gasteiger partial charge in [0.2, 0.25) is 5.91 Å². The molecule has 4 rings (SSSR count). The van der Waals surface area contributed by atoms with Crippen molar-refractivity contribution in [1.82, 2.24) is 9.88 Å². The van der Waals surface area contributed by atoms with Crippen LogP contribution in [0.2, 0.25) is 0 Å². The normalized spacial score (nSPS) is 10.5. The third-order valence-corrected chi connectivity index (χ3v) is 6.03. The molecule has 0 aliphatic carbocycles. The number of aromatic nitrogens is 1. The summed E-state index contributed by atoms with van der Waals surface area (Å²) in [6.45, 7) is 1.17. The fourth-order valence-corrected chi connectivity index (χ4v) is 4.18. The van der Waals surface area contributed by atoms with E-state index in [4.69, 9.17) is 0 Å². The van der Waals surface area contributed by atoms with E-state index < -0.39 is 0 Å². The summed E-state index contributed by atoms with van der Waals surface area (Å²) in [4.78, 5) is 31.9. The lowest BCUT2D eigenvalue weighted by molar-refractivity contribution is -0.131. The molecule has 0 fully saturated rings. The van der Waals surface area contributed by atoms with Gasteiger partial charge in [-0.05, 0) is 29.7 Å². The van der Waals surface area contributed by atoms with Crippen LogP contribution in [0.3, 0.4) is 0 Å². The van der Waals surface area contributed by atoms with Gasteiger partial charge in [0.1, 0.15) is 0 Å². The van der Waals surface area contributed by atoms with Gasteiger partial charge >= 0.3 is 0 Å². The molecule has 0 unspecified atom stereocenters. The van der Waals surface area contributed by atoms with Gasteiger partial charge in [-0.2, -0.15) is 0 Å². The van der Waals surface area contributed by atoms with Crippen LogP contribution < -0.4 is 5.32 Å². The molecule has 2 amide bonds. The molecule has 6 heteroatoms. The first-order chi connectivity index (χ1) is 16.2. The highest BCUT2D eigenvalue weighted by Gasteiger charge is 2.17. The quantitative estimate of drug-likeness (QED) is 0.377. The Hall–Kier alpha value is -3.77. The SMILES string of the molecule is O=C(Nc1nc(CC(=O)N(CCc2ccccc2)Cc2ccccc2)cs1)c1ccccc1. The largest absolute Gasteiger partial charge is 0.338 e. The molecule has 0 bridgehead atoms. The third-order valence-electron chi connectivity index (χ3n) is 5.22. The number of benzene rings is 3. The maximum atomic E-state index is 13.2. The third kappa shape index (κ3) is 6.60. The zero-order valence-corrected chi connectivity index (χ0v) is 19.0. The summed E-state index contributed by atoms with van der Waals surface area (Å²) >= 11 is 1.33. The van der Waals surface area contributed by atoms with E-state index in [1.165, 1.54) is 16.9 Å². The average molecular weight is 456 g/mol. The highest BCUT2D eigenvalue weighted by Crippen LogP contribution is 2.18. The molecule has 0 atom stereocenters. The van der Waals surface area contributed by atoms with Gasteiger partial charge in [-0.3, -0.25) is 14.9 Å². The second kappa shape index (κ2) is 11.2. The van der Waals surface area contributed by atoms with Crippen molar-refractivity contribution >= 4 is 28.3 Å². The Morgan fingerprint density at radius 3 is 2.09 bits per heavy atom. The van der Waals surface area contributed by atoms with Crippen LogP contribution in [-0.4, -0.2) is 28.2 Å². The van der Waals surface area contributed by atoms with Crippen LogP contribution in [-0.2, 0) is 24.2 Å². The van der Waals surface area contributed by atoms with E-state index in [-0.39, 0.29) is 18.2 Å². The number of carbonyl (C=O) groups excluding carboxylic acids is 2. The van der Waals surface area contributed by atoms with Crippen molar-refractivity contribution < 1.29 is 9.59 Å². The number of nitrogens with zero attached hydrogens (tertiary/aromatic N) is 2. The predicted molar refractivity (Wildman–Crippen MR) is 132 cm³/mol. The molecule has 0 aliphatic heterocycles. The molecule has 0 saturated heterocycles. The minimum absolute atomic E-state index is 0.0148. The number of thiazole rings is 1. The van der Waals surface area contributed by atoms with Crippen LogP contribution in [0.25, 0.3) is 0 Å². The summed E-state index contributed by atoms with van der Waals surface area (Å²) in [6.07, 6.45) is 0.980. The fourth-order valence-electron chi connectivity index (χ4n) is 3.48. The van der Waals surface area contributed by atoms with Gasteiger partial charge in [0.25, 0.3) is 5.91 Å². The monoisotopic (exact) mass is 455 g/mol. The summed E-state index contributed by atoms with van der Waals surface area (Å²) in [7, 11) is 0. The Balaban J connectivity index is 1.41. The lowest BCUT2D eigenvalue weighted by Crippen LogP contribution is -2.33. The van der Waals surface area contributed by atoms with Gasteiger partial charge in [-0.15, -0.1) is 11.3 Å². The highest BCUT2D eigenvalue weighted by atomic mass is 32.1. The Labute approximate surface area is 197 Å². The molecule has 0 saturated carbocycles. The number of hydrogen-bond acceptors (Lipinski definition) is 4. The van der Waals surface area contributed by atoms with Crippen LogP contribution >= 0.6 is 11.3 Å². The van der Waals surface area contributed by atoms with E-state index in [9.17, 15) is 9.59 Å². The summed E-state index contributed by atoms with van der Waals surface area (Å²) in [6, 6.07) is 29.2. The van der Waals surface area contributed by atoms with Crippen LogP contribution in [0.5, 0.6) is 0 Å². The van der Waals surface area contributed by atoms with E-state index in [0.29, 0.717) is 29.5 Å². The van der Waals surface area contributed by atoms with E-state index >= 15 is 0 Å².